The molecule has 0 saturated carbocycles. The van der Waals surface area contributed by atoms with Crippen LogP contribution >= 0.6 is 0 Å². The van der Waals surface area contributed by atoms with Crippen molar-refractivity contribution in [3.8, 4) is 11.1 Å². The lowest BCUT2D eigenvalue weighted by atomic mass is 9.90. The fourth-order valence-corrected chi connectivity index (χ4v) is 5.43. The number of nitrogens with zero attached hydrogens (tertiary/aromatic N) is 3. The summed E-state index contributed by atoms with van der Waals surface area (Å²) in [4.78, 5) is 8.98. The molecule has 0 spiro atoms. The Morgan fingerprint density at radius 1 is 0.643 bits per heavy atom. The molecular weight excluding hydrogens is 556 g/mol. The maximum absolute atomic E-state index is 13.2. The van der Waals surface area contributed by atoms with Crippen LogP contribution in [0.25, 0.3) is 11.1 Å². The van der Waals surface area contributed by atoms with Gasteiger partial charge in [-0.1, -0.05) is 78.9 Å². The minimum absolute atomic E-state index is 0.130. The molecule has 0 amide bonds. The number of benzene rings is 3. The lowest BCUT2D eigenvalue weighted by Gasteiger charge is -2.39. The van der Waals surface area contributed by atoms with Crippen molar-refractivity contribution in [2.75, 3.05) is 26.2 Å². The van der Waals surface area contributed by atoms with E-state index in [1.807, 2.05) is 54.9 Å². The molecule has 3 aromatic carbocycles. The second-order valence-electron chi connectivity index (χ2n) is 10.4. The first-order chi connectivity index (χ1) is 20.0. The second kappa shape index (κ2) is 11.9. The number of pyridine rings is 1. The van der Waals surface area contributed by atoms with Crippen molar-refractivity contribution in [1.29, 1.82) is 0 Å². The van der Waals surface area contributed by atoms with Gasteiger partial charge in [0, 0.05) is 50.7 Å². The van der Waals surface area contributed by atoms with Crippen LogP contribution in [0.3, 0.4) is 0 Å². The SMILES string of the molecule is OC(c1ccc(-c2ccc(CN3CCN(C(c4ccccc4)c4ccncc4)CC3)cc2)cc1)(C(F)(F)F)C(F)(F)F. The third kappa shape index (κ3) is 6.06. The third-order valence-electron chi connectivity index (χ3n) is 7.73. The quantitative estimate of drug-likeness (QED) is 0.238. The van der Waals surface area contributed by atoms with E-state index in [4.69, 9.17) is 0 Å². The molecule has 4 aromatic rings. The molecule has 42 heavy (non-hydrogen) atoms. The predicted molar refractivity (Wildman–Crippen MR) is 147 cm³/mol. The topological polar surface area (TPSA) is 39.6 Å². The van der Waals surface area contributed by atoms with Crippen molar-refractivity contribution in [2.45, 2.75) is 30.5 Å². The Balaban J connectivity index is 1.23. The first-order valence-corrected chi connectivity index (χ1v) is 13.4. The molecule has 1 aromatic heterocycles. The maximum atomic E-state index is 13.2. The molecule has 1 atom stereocenters. The zero-order chi connectivity index (χ0) is 30.0. The monoisotopic (exact) mass is 585 g/mol. The number of piperazine rings is 1. The summed E-state index contributed by atoms with van der Waals surface area (Å²) in [5.74, 6) is 0. The Morgan fingerprint density at radius 3 is 1.67 bits per heavy atom. The van der Waals surface area contributed by atoms with Gasteiger partial charge >= 0.3 is 12.4 Å². The average molecular weight is 586 g/mol. The Morgan fingerprint density at radius 2 is 1.14 bits per heavy atom. The summed E-state index contributed by atoms with van der Waals surface area (Å²) in [5, 5.41) is 9.61. The van der Waals surface area contributed by atoms with Crippen LogP contribution in [0.5, 0.6) is 0 Å². The first-order valence-electron chi connectivity index (χ1n) is 13.4. The Kier molecular flexibility index (Phi) is 8.41. The lowest BCUT2D eigenvalue weighted by molar-refractivity contribution is -0.376. The highest BCUT2D eigenvalue weighted by Crippen LogP contribution is 2.50. The number of aromatic nitrogens is 1. The third-order valence-corrected chi connectivity index (χ3v) is 7.73. The van der Waals surface area contributed by atoms with Crippen LogP contribution in [-0.2, 0) is 12.1 Å². The molecule has 10 heteroatoms. The van der Waals surface area contributed by atoms with E-state index in [0.29, 0.717) is 29.8 Å². The number of alkyl halides is 6. The molecule has 2 heterocycles. The molecule has 220 valence electrons. The Hall–Kier alpha value is -3.73. The van der Waals surface area contributed by atoms with Crippen LogP contribution in [0.2, 0.25) is 0 Å². The van der Waals surface area contributed by atoms with Gasteiger partial charge in [0.05, 0.1) is 6.04 Å². The minimum atomic E-state index is -5.92. The molecule has 4 nitrogen and oxygen atoms in total. The van der Waals surface area contributed by atoms with Crippen LogP contribution in [-0.4, -0.2) is 58.4 Å². The molecule has 1 aliphatic heterocycles. The molecule has 5 rings (SSSR count). The summed E-state index contributed by atoms with van der Waals surface area (Å²) < 4.78 is 79.1. The van der Waals surface area contributed by atoms with Crippen LogP contribution < -0.4 is 0 Å². The van der Waals surface area contributed by atoms with Crippen molar-refractivity contribution in [3.05, 3.63) is 126 Å². The van der Waals surface area contributed by atoms with E-state index in [0.717, 1.165) is 43.9 Å². The smallest absolute Gasteiger partial charge is 0.369 e. The molecule has 1 N–H and O–H groups in total. The normalized spacial score (nSPS) is 16.4. The largest absolute Gasteiger partial charge is 0.430 e. The molecule has 1 saturated heterocycles. The van der Waals surface area contributed by atoms with Gasteiger partial charge in [-0.2, -0.15) is 26.3 Å². The van der Waals surface area contributed by atoms with Gasteiger partial charge in [-0.05, 0) is 39.9 Å². The number of hydrogen-bond donors (Lipinski definition) is 1. The van der Waals surface area contributed by atoms with E-state index in [9.17, 15) is 31.4 Å². The molecule has 1 unspecified atom stereocenters. The van der Waals surface area contributed by atoms with Gasteiger partial charge in [0.1, 0.15) is 0 Å². The van der Waals surface area contributed by atoms with E-state index >= 15 is 0 Å². The molecule has 0 radical (unpaired) electrons. The summed E-state index contributed by atoms with van der Waals surface area (Å²) in [6.07, 6.45) is -8.21. The van der Waals surface area contributed by atoms with E-state index < -0.39 is 23.5 Å². The summed E-state index contributed by atoms with van der Waals surface area (Å²) in [6, 6.07) is 25.6. The molecule has 1 fully saturated rings. The van der Waals surface area contributed by atoms with Crippen LogP contribution in [0.4, 0.5) is 26.3 Å². The van der Waals surface area contributed by atoms with Crippen molar-refractivity contribution >= 4 is 0 Å². The Labute approximate surface area is 239 Å². The van der Waals surface area contributed by atoms with Crippen molar-refractivity contribution in [3.63, 3.8) is 0 Å². The van der Waals surface area contributed by atoms with Crippen molar-refractivity contribution in [1.82, 2.24) is 14.8 Å². The molecule has 1 aliphatic rings. The van der Waals surface area contributed by atoms with Crippen LogP contribution in [0.15, 0.2) is 103 Å². The molecular formula is C32H29F6N3O. The van der Waals surface area contributed by atoms with Crippen molar-refractivity contribution < 1.29 is 31.4 Å². The van der Waals surface area contributed by atoms with E-state index in [2.05, 4.69) is 26.9 Å². The highest BCUT2D eigenvalue weighted by Gasteiger charge is 2.71. The van der Waals surface area contributed by atoms with Crippen LogP contribution in [0.1, 0.15) is 28.3 Å². The van der Waals surface area contributed by atoms with E-state index in [-0.39, 0.29) is 6.04 Å². The van der Waals surface area contributed by atoms with Gasteiger partial charge in [0.15, 0.2) is 0 Å². The maximum Gasteiger partial charge on any atom is 0.430 e. The van der Waals surface area contributed by atoms with Crippen molar-refractivity contribution in [2.24, 2.45) is 0 Å². The van der Waals surface area contributed by atoms with Gasteiger partial charge in [0.25, 0.3) is 5.60 Å². The summed E-state index contributed by atoms with van der Waals surface area (Å²) in [5.41, 5.74) is -1.68. The number of hydrogen-bond acceptors (Lipinski definition) is 4. The summed E-state index contributed by atoms with van der Waals surface area (Å²) in [7, 11) is 0. The average Bonchev–Trinajstić information content (AvgIpc) is 2.98. The molecule has 0 aliphatic carbocycles. The standard InChI is InChI=1S/C32H29F6N3O/c33-31(34,35)30(42,32(36,37)38)28-12-10-25(11-13-28)24-8-6-23(7-9-24)22-40-18-20-41(21-19-40)29(26-4-2-1-3-5-26)27-14-16-39-17-15-27/h1-17,29,42H,18-22H2. The van der Waals surface area contributed by atoms with E-state index in [1.54, 1.807) is 12.1 Å². The number of aliphatic hydroxyl groups is 1. The summed E-state index contributed by atoms with van der Waals surface area (Å²) >= 11 is 0. The van der Waals surface area contributed by atoms with E-state index in [1.165, 1.54) is 11.1 Å². The fourth-order valence-electron chi connectivity index (χ4n) is 5.43. The number of halogens is 6. The first kappa shape index (κ1) is 29.8. The highest BCUT2D eigenvalue weighted by molar-refractivity contribution is 5.64. The van der Waals surface area contributed by atoms with Gasteiger partial charge in [0.2, 0.25) is 0 Å². The zero-order valence-electron chi connectivity index (χ0n) is 22.5. The van der Waals surface area contributed by atoms with Gasteiger partial charge in [-0.25, -0.2) is 0 Å². The summed E-state index contributed by atoms with van der Waals surface area (Å²) in [6.45, 7) is 4.17. The Bertz CT molecular complexity index is 1380. The second-order valence-corrected chi connectivity index (χ2v) is 10.4. The fraction of sp³-hybridized carbons (Fsp3) is 0.281. The number of rotatable bonds is 7. The zero-order valence-corrected chi connectivity index (χ0v) is 22.5. The predicted octanol–water partition coefficient (Wildman–Crippen LogP) is 6.97. The van der Waals surface area contributed by atoms with Crippen LogP contribution in [0, 0.1) is 0 Å². The lowest BCUT2D eigenvalue weighted by Crippen LogP contribution is -2.53. The van der Waals surface area contributed by atoms with Gasteiger partial charge < -0.3 is 5.11 Å². The van der Waals surface area contributed by atoms with Gasteiger partial charge in [-0.3, -0.25) is 14.8 Å². The minimum Gasteiger partial charge on any atom is -0.369 e. The molecule has 0 bridgehead atoms. The van der Waals surface area contributed by atoms with Gasteiger partial charge in [-0.15, -0.1) is 0 Å². The highest BCUT2D eigenvalue weighted by atomic mass is 19.4.